The molecule has 0 unspecified atom stereocenters. The third-order valence-electron chi connectivity index (χ3n) is 3.04. The molecule has 0 amide bonds. The molecular weight excluding hydrogens is 338 g/mol. The zero-order chi connectivity index (χ0) is 15.0. The lowest BCUT2D eigenvalue weighted by atomic mass is 10.2. The fraction of sp³-hybridized carbons (Fsp3) is 0.0667. The maximum Gasteiger partial charge on any atom is 0.335 e. The molecule has 3 rings (SSSR count). The molecule has 0 atom stereocenters. The third-order valence-corrected chi connectivity index (χ3v) is 3.73. The van der Waals surface area contributed by atoms with E-state index in [0.29, 0.717) is 22.7 Å². The summed E-state index contributed by atoms with van der Waals surface area (Å²) in [4.78, 5) is 15.3. The number of fused-ring (bicyclic) bond motifs is 1. The van der Waals surface area contributed by atoms with E-state index < -0.39 is 5.97 Å². The standard InChI is InChI=1S/C15H10BrNO4/c1-20-9-3-4-11(16)10(7-9)14-17-12-6-8(15(18)19)2-5-13(12)21-14/h2-7H,1H3,(H,18,19). The van der Waals surface area contributed by atoms with E-state index in [1.54, 1.807) is 19.2 Å². The van der Waals surface area contributed by atoms with Crippen LogP contribution in [-0.4, -0.2) is 23.2 Å². The Morgan fingerprint density at radius 1 is 1.29 bits per heavy atom. The topological polar surface area (TPSA) is 72.6 Å². The van der Waals surface area contributed by atoms with E-state index in [2.05, 4.69) is 20.9 Å². The highest BCUT2D eigenvalue weighted by Gasteiger charge is 2.14. The molecule has 106 valence electrons. The summed E-state index contributed by atoms with van der Waals surface area (Å²) in [6, 6.07) is 10.0. The smallest absolute Gasteiger partial charge is 0.335 e. The number of carboxylic acid groups (broad SMARTS) is 1. The Hall–Kier alpha value is -2.34. The van der Waals surface area contributed by atoms with Crippen molar-refractivity contribution < 1.29 is 19.1 Å². The van der Waals surface area contributed by atoms with Crippen molar-refractivity contribution >= 4 is 33.0 Å². The summed E-state index contributed by atoms with van der Waals surface area (Å²) in [5.74, 6) is 0.0870. The van der Waals surface area contributed by atoms with Crippen molar-refractivity contribution in [2.24, 2.45) is 0 Å². The fourth-order valence-corrected chi connectivity index (χ4v) is 2.39. The number of hydrogen-bond donors (Lipinski definition) is 1. The monoisotopic (exact) mass is 347 g/mol. The largest absolute Gasteiger partial charge is 0.497 e. The van der Waals surface area contributed by atoms with Crippen LogP contribution in [0.2, 0.25) is 0 Å². The lowest BCUT2D eigenvalue weighted by Crippen LogP contribution is -1.94. The van der Waals surface area contributed by atoms with Crippen molar-refractivity contribution in [3.63, 3.8) is 0 Å². The van der Waals surface area contributed by atoms with E-state index in [1.165, 1.54) is 12.1 Å². The number of rotatable bonds is 3. The highest BCUT2D eigenvalue weighted by Crippen LogP contribution is 2.33. The molecule has 3 aromatic rings. The molecule has 0 aliphatic carbocycles. The van der Waals surface area contributed by atoms with Crippen LogP contribution in [0.1, 0.15) is 10.4 Å². The van der Waals surface area contributed by atoms with E-state index in [0.717, 1.165) is 10.0 Å². The summed E-state index contributed by atoms with van der Waals surface area (Å²) in [6.07, 6.45) is 0. The van der Waals surface area contributed by atoms with Gasteiger partial charge in [0.2, 0.25) is 5.89 Å². The first-order valence-electron chi connectivity index (χ1n) is 6.06. The average molecular weight is 348 g/mol. The van der Waals surface area contributed by atoms with Gasteiger partial charge in [0.05, 0.1) is 18.2 Å². The Morgan fingerprint density at radius 2 is 2.10 bits per heavy atom. The first kappa shape index (κ1) is 13.6. The Balaban J connectivity index is 2.15. The molecule has 0 saturated heterocycles. The molecule has 0 spiro atoms. The zero-order valence-corrected chi connectivity index (χ0v) is 12.5. The quantitative estimate of drug-likeness (QED) is 0.776. The summed E-state index contributed by atoms with van der Waals surface area (Å²) in [7, 11) is 1.58. The summed E-state index contributed by atoms with van der Waals surface area (Å²) in [6.45, 7) is 0. The fourth-order valence-electron chi connectivity index (χ4n) is 1.97. The first-order chi connectivity index (χ1) is 10.1. The predicted octanol–water partition coefficient (Wildman–Crippen LogP) is 3.96. The second-order valence-electron chi connectivity index (χ2n) is 4.35. The van der Waals surface area contributed by atoms with Crippen molar-refractivity contribution in [2.75, 3.05) is 7.11 Å². The van der Waals surface area contributed by atoms with Gasteiger partial charge >= 0.3 is 5.97 Å². The Morgan fingerprint density at radius 3 is 2.81 bits per heavy atom. The van der Waals surface area contributed by atoms with Gasteiger partial charge in [-0.2, -0.15) is 0 Å². The summed E-state index contributed by atoms with van der Waals surface area (Å²) in [5.41, 5.74) is 1.94. The molecule has 1 heterocycles. The molecular formula is C15H10BrNO4. The third kappa shape index (κ3) is 2.50. The van der Waals surface area contributed by atoms with Crippen LogP contribution in [-0.2, 0) is 0 Å². The van der Waals surface area contributed by atoms with Crippen molar-refractivity contribution in [3.8, 4) is 17.2 Å². The van der Waals surface area contributed by atoms with E-state index in [1.807, 2.05) is 12.1 Å². The van der Waals surface area contributed by atoms with Crippen LogP contribution >= 0.6 is 15.9 Å². The molecule has 0 bridgehead atoms. The number of methoxy groups -OCH3 is 1. The number of halogens is 1. The molecule has 6 heteroatoms. The highest BCUT2D eigenvalue weighted by atomic mass is 79.9. The van der Waals surface area contributed by atoms with Gasteiger partial charge in [-0.1, -0.05) is 0 Å². The second-order valence-corrected chi connectivity index (χ2v) is 5.21. The lowest BCUT2D eigenvalue weighted by Gasteiger charge is -2.03. The van der Waals surface area contributed by atoms with Crippen LogP contribution in [0.15, 0.2) is 45.3 Å². The van der Waals surface area contributed by atoms with Crippen LogP contribution in [0.3, 0.4) is 0 Å². The van der Waals surface area contributed by atoms with E-state index in [4.69, 9.17) is 14.3 Å². The van der Waals surface area contributed by atoms with Crippen LogP contribution in [0.5, 0.6) is 5.75 Å². The maximum absolute atomic E-state index is 11.0. The average Bonchev–Trinajstić information content (AvgIpc) is 2.90. The van der Waals surface area contributed by atoms with Crippen molar-refractivity contribution in [2.45, 2.75) is 0 Å². The lowest BCUT2D eigenvalue weighted by molar-refractivity contribution is 0.0697. The second kappa shape index (κ2) is 5.21. The normalized spacial score (nSPS) is 10.8. The molecule has 0 saturated carbocycles. The number of carboxylic acids is 1. The minimum atomic E-state index is -0.996. The highest BCUT2D eigenvalue weighted by molar-refractivity contribution is 9.10. The molecule has 1 N–H and O–H groups in total. The van der Waals surface area contributed by atoms with E-state index in [-0.39, 0.29) is 5.56 Å². The van der Waals surface area contributed by atoms with E-state index >= 15 is 0 Å². The van der Waals surface area contributed by atoms with Crippen molar-refractivity contribution in [1.82, 2.24) is 4.98 Å². The minimum absolute atomic E-state index is 0.173. The number of ether oxygens (including phenoxy) is 1. The molecule has 21 heavy (non-hydrogen) atoms. The Labute approximate surface area is 128 Å². The molecule has 5 nitrogen and oxygen atoms in total. The summed E-state index contributed by atoms with van der Waals surface area (Å²) < 4.78 is 11.7. The molecule has 1 aromatic heterocycles. The summed E-state index contributed by atoms with van der Waals surface area (Å²) >= 11 is 3.44. The number of carbonyl (C=O) groups is 1. The van der Waals surface area contributed by atoms with E-state index in [9.17, 15) is 4.79 Å². The Bertz CT molecular complexity index is 841. The van der Waals surface area contributed by atoms with Crippen LogP contribution in [0, 0.1) is 0 Å². The minimum Gasteiger partial charge on any atom is -0.497 e. The number of benzene rings is 2. The summed E-state index contributed by atoms with van der Waals surface area (Å²) in [5, 5.41) is 9.00. The molecule has 0 aliphatic heterocycles. The molecule has 0 fully saturated rings. The predicted molar refractivity (Wildman–Crippen MR) is 80.7 cm³/mol. The Kier molecular flexibility index (Phi) is 3.39. The number of aromatic nitrogens is 1. The van der Waals surface area contributed by atoms with Gasteiger partial charge < -0.3 is 14.3 Å². The maximum atomic E-state index is 11.0. The first-order valence-corrected chi connectivity index (χ1v) is 6.85. The van der Waals surface area contributed by atoms with Crippen LogP contribution < -0.4 is 4.74 Å². The van der Waals surface area contributed by atoms with Gasteiger partial charge in [-0.05, 0) is 52.3 Å². The van der Waals surface area contributed by atoms with Gasteiger partial charge in [-0.3, -0.25) is 0 Å². The van der Waals surface area contributed by atoms with Crippen LogP contribution in [0.4, 0.5) is 0 Å². The number of aromatic carboxylic acids is 1. The SMILES string of the molecule is COc1ccc(Br)c(-c2nc3cc(C(=O)O)ccc3o2)c1. The number of hydrogen-bond acceptors (Lipinski definition) is 4. The zero-order valence-electron chi connectivity index (χ0n) is 11.0. The van der Waals surface area contributed by atoms with Gasteiger partial charge in [-0.25, -0.2) is 9.78 Å². The molecule has 2 aromatic carbocycles. The number of oxazole rings is 1. The van der Waals surface area contributed by atoms with Gasteiger partial charge in [0.15, 0.2) is 5.58 Å². The van der Waals surface area contributed by atoms with Crippen LogP contribution in [0.25, 0.3) is 22.6 Å². The van der Waals surface area contributed by atoms with Crippen molar-refractivity contribution in [3.05, 3.63) is 46.4 Å². The van der Waals surface area contributed by atoms with Gasteiger partial charge in [0, 0.05) is 4.47 Å². The molecule has 0 radical (unpaired) electrons. The number of nitrogens with zero attached hydrogens (tertiary/aromatic N) is 1. The van der Waals surface area contributed by atoms with Gasteiger partial charge in [-0.15, -0.1) is 0 Å². The van der Waals surface area contributed by atoms with Crippen molar-refractivity contribution in [1.29, 1.82) is 0 Å². The van der Waals surface area contributed by atoms with Gasteiger partial charge in [0.1, 0.15) is 11.3 Å². The van der Waals surface area contributed by atoms with Gasteiger partial charge in [0.25, 0.3) is 0 Å². The molecule has 0 aliphatic rings.